The summed E-state index contributed by atoms with van der Waals surface area (Å²) in [5.74, 6) is 0.219. The van der Waals surface area contributed by atoms with Gasteiger partial charge in [0.05, 0.1) is 19.5 Å². The Labute approximate surface area is 108 Å². The SMILES string of the molecule is CCCCCC(C)Nc1cnc(C(=O)OC)cn1. The smallest absolute Gasteiger partial charge is 0.358 e. The van der Waals surface area contributed by atoms with Crippen LogP contribution in [0, 0.1) is 0 Å². The zero-order valence-corrected chi connectivity index (χ0v) is 11.3. The molecule has 5 nitrogen and oxygen atoms in total. The summed E-state index contributed by atoms with van der Waals surface area (Å²) in [6, 6.07) is 0.356. The molecule has 0 bridgehead atoms. The first-order valence-corrected chi connectivity index (χ1v) is 6.34. The van der Waals surface area contributed by atoms with Crippen LogP contribution in [0.15, 0.2) is 12.4 Å². The van der Waals surface area contributed by atoms with Crippen molar-refractivity contribution in [3.05, 3.63) is 18.1 Å². The summed E-state index contributed by atoms with van der Waals surface area (Å²) in [4.78, 5) is 19.3. The topological polar surface area (TPSA) is 64.1 Å². The molecule has 0 fully saturated rings. The maximum absolute atomic E-state index is 11.2. The van der Waals surface area contributed by atoms with Crippen LogP contribution in [0.1, 0.15) is 50.0 Å². The Morgan fingerprint density at radius 2 is 2.17 bits per heavy atom. The molecule has 1 atom stereocenters. The van der Waals surface area contributed by atoms with E-state index >= 15 is 0 Å². The fraction of sp³-hybridized carbons (Fsp3) is 0.615. The third-order valence-corrected chi connectivity index (χ3v) is 2.68. The maximum atomic E-state index is 11.2. The van der Waals surface area contributed by atoms with Crippen molar-refractivity contribution in [3.8, 4) is 0 Å². The van der Waals surface area contributed by atoms with Crippen LogP contribution in [0.3, 0.4) is 0 Å². The van der Waals surface area contributed by atoms with Gasteiger partial charge in [-0.25, -0.2) is 14.8 Å². The number of unbranched alkanes of at least 4 members (excludes halogenated alkanes) is 2. The molecule has 0 spiro atoms. The van der Waals surface area contributed by atoms with Crippen molar-refractivity contribution in [2.24, 2.45) is 0 Å². The third-order valence-electron chi connectivity index (χ3n) is 2.68. The van der Waals surface area contributed by atoms with Gasteiger partial charge in [0.1, 0.15) is 5.82 Å². The van der Waals surface area contributed by atoms with E-state index in [0.717, 1.165) is 6.42 Å². The van der Waals surface area contributed by atoms with Gasteiger partial charge < -0.3 is 10.1 Å². The van der Waals surface area contributed by atoms with Crippen molar-refractivity contribution in [2.45, 2.75) is 45.6 Å². The minimum atomic E-state index is -0.468. The Morgan fingerprint density at radius 1 is 1.39 bits per heavy atom. The van der Waals surface area contributed by atoms with Crippen molar-refractivity contribution >= 4 is 11.8 Å². The van der Waals surface area contributed by atoms with Gasteiger partial charge in [0, 0.05) is 6.04 Å². The van der Waals surface area contributed by atoms with Crippen molar-refractivity contribution in [1.82, 2.24) is 9.97 Å². The second kappa shape index (κ2) is 7.63. The van der Waals surface area contributed by atoms with Crippen LogP contribution in [-0.4, -0.2) is 29.1 Å². The highest BCUT2D eigenvalue weighted by Crippen LogP contribution is 2.09. The van der Waals surface area contributed by atoms with E-state index in [-0.39, 0.29) is 5.69 Å². The van der Waals surface area contributed by atoms with E-state index in [4.69, 9.17) is 0 Å². The number of esters is 1. The lowest BCUT2D eigenvalue weighted by atomic mass is 10.1. The summed E-state index contributed by atoms with van der Waals surface area (Å²) in [6.07, 6.45) is 7.77. The van der Waals surface area contributed by atoms with E-state index in [1.54, 1.807) is 6.20 Å². The maximum Gasteiger partial charge on any atom is 0.358 e. The summed E-state index contributed by atoms with van der Waals surface area (Å²) in [5, 5.41) is 3.26. The van der Waals surface area contributed by atoms with E-state index in [1.807, 2.05) is 0 Å². The number of hydrogen-bond acceptors (Lipinski definition) is 5. The number of methoxy groups -OCH3 is 1. The van der Waals surface area contributed by atoms with Crippen LogP contribution in [0.4, 0.5) is 5.82 Å². The van der Waals surface area contributed by atoms with Crippen molar-refractivity contribution < 1.29 is 9.53 Å². The van der Waals surface area contributed by atoms with Gasteiger partial charge in [-0.15, -0.1) is 0 Å². The molecule has 5 heteroatoms. The molecule has 18 heavy (non-hydrogen) atoms. The van der Waals surface area contributed by atoms with Gasteiger partial charge in [0.15, 0.2) is 5.69 Å². The van der Waals surface area contributed by atoms with Crippen LogP contribution >= 0.6 is 0 Å². The first kappa shape index (κ1) is 14.4. The number of carbonyl (C=O) groups is 1. The first-order chi connectivity index (χ1) is 8.67. The summed E-state index contributed by atoms with van der Waals surface area (Å²) >= 11 is 0. The van der Waals surface area contributed by atoms with Crippen LogP contribution < -0.4 is 5.32 Å². The quantitative estimate of drug-likeness (QED) is 0.596. The van der Waals surface area contributed by atoms with Gasteiger partial charge in [-0.2, -0.15) is 0 Å². The lowest BCUT2D eigenvalue weighted by Gasteiger charge is -2.13. The van der Waals surface area contributed by atoms with E-state index in [2.05, 4.69) is 33.9 Å². The van der Waals surface area contributed by atoms with Gasteiger partial charge in [0.2, 0.25) is 0 Å². The predicted molar refractivity (Wildman–Crippen MR) is 70.6 cm³/mol. The van der Waals surface area contributed by atoms with Crippen LogP contribution in [-0.2, 0) is 4.74 Å². The van der Waals surface area contributed by atoms with Crippen molar-refractivity contribution in [2.75, 3.05) is 12.4 Å². The standard InChI is InChI=1S/C13H21N3O2/c1-4-5-6-7-10(2)16-12-9-14-11(8-15-12)13(17)18-3/h8-10H,4-7H2,1-3H3,(H,15,16). The monoisotopic (exact) mass is 251 g/mol. The fourth-order valence-corrected chi connectivity index (χ4v) is 1.64. The van der Waals surface area contributed by atoms with Crippen molar-refractivity contribution in [3.63, 3.8) is 0 Å². The van der Waals surface area contributed by atoms with E-state index in [9.17, 15) is 4.79 Å². The molecule has 1 aromatic rings. The lowest BCUT2D eigenvalue weighted by Crippen LogP contribution is -2.16. The summed E-state index contributed by atoms with van der Waals surface area (Å²) in [5.41, 5.74) is 0.224. The normalized spacial score (nSPS) is 11.9. The molecule has 0 aliphatic heterocycles. The average molecular weight is 251 g/mol. The van der Waals surface area contributed by atoms with Crippen molar-refractivity contribution in [1.29, 1.82) is 0 Å². The molecule has 0 amide bonds. The lowest BCUT2D eigenvalue weighted by molar-refractivity contribution is 0.0593. The summed E-state index contributed by atoms with van der Waals surface area (Å²) < 4.78 is 4.56. The molecule has 100 valence electrons. The number of rotatable bonds is 7. The number of hydrogen-bond donors (Lipinski definition) is 1. The molecule has 0 saturated heterocycles. The van der Waals surface area contributed by atoms with Crippen LogP contribution in [0.25, 0.3) is 0 Å². The Hall–Kier alpha value is -1.65. The second-order valence-corrected chi connectivity index (χ2v) is 4.32. The highest BCUT2D eigenvalue weighted by Gasteiger charge is 2.08. The molecule has 1 aromatic heterocycles. The second-order valence-electron chi connectivity index (χ2n) is 4.32. The molecule has 1 unspecified atom stereocenters. The Morgan fingerprint density at radius 3 is 2.72 bits per heavy atom. The summed E-state index contributed by atoms with van der Waals surface area (Å²) in [6.45, 7) is 4.31. The molecule has 1 rings (SSSR count). The number of nitrogens with one attached hydrogen (secondary N) is 1. The highest BCUT2D eigenvalue weighted by molar-refractivity contribution is 5.86. The zero-order valence-electron chi connectivity index (χ0n) is 11.3. The van der Waals surface area contributed by atoms with Gasteiger partial charge in [-0.1, -0.05) is 26.2 Å². The minimum absolute atomic E-state index is 0.224. The molecular weight excluding hydrogens is 230 g/mol. The van der Waals surface area contributed by atoms with E-state index < -0.39 is 5.97 Å². The number of carbonyl (C=O) groups excluding carboxylic acids is 1. The third kappa shape index (κ3) is 4.69. The number of aromatic nitrogens is 2. The Bertz CT molecular complexity index is 365. The number of anilines is 1. The Kier molecular flexibility index (Phi) is 6.11. The molecule has 0 radical (unpaired) electrons. The van der Waals surface area contributed by atoms with E-state index in [0.29, 0.717) is 11.9 Å². The first-order valence-electron chi connectivity index (χ1n) is 6.34. The molecule has 1 N–H and O–H groups in total. The van der Waals surface area contributed by atoms with Gasteiger partial charge >= 0.3 is 5.97 Å². The molecule has 0 aromatic carbocycles. The Balaban J connectivity index is 2.45. The van der Waals surface area contributed by atoms with E-state index in [1.165, 1.54) is 32.6 Å². The molecule has 0 aliphatic rings. The average Bonchev–Trinajstić information content (AvgIpc) is 2.39. The van der Waals surface area contributed by atoms with Crippen LogP contribution in [0.5, 0.6) is 0 Å². The zero-order chi connectivity index (χ0) is 13.4. The molecule has 0 saturated carbocycles. The number of nitrogens with zero attached hydrogens (tertiary/aromatic N) is 2. The van der Waals surface area contributed by atoms with Gasteiger partial charge in [-0.05, 0) is 13.3 Å². The highest BCUT2D eigenvalue weighted by atomic mass is 16.5. The van der Waals surface area contributed by atoms with Gasteiger partial charge in [0.25, 0.3) is 0 Å². The molecular formula is C13H21N3O2. The van der Waals surface area contributed by atoms with Crippen LogP contribution in [0.2, 0.25) is 0 Å². The molecule has 1 heterocycles. The predicted octanol–water partition coefficient (Wildman–Crippen LogP) is 2.64. The fourth-order valence-electron chi connectivity index (χ4n) is 1.64. The minimum Gasteiger partial charge on any atom is -0.464 e. The molecule has 0 aliphatic carbocycles. The number of ether oxygens (including phenoxy) is 1. The van der Waals surface area contributed by atoms with Gasteiger partial charge in [-0.3, -0.25) is 0 Å². The summed E-state index contributed by atoms with van der Waals surface area (Å²) in [7, 11) is 1.33. The largest absolute Gasteiger partial charge is 0.464 e.